The Morgan fingerprint density at radius 1 is 1.16 bits per heavy atom. The zero-order chi connectivity index (χ0) is 21.5. The number of nitrogens with zero attached hydrogens (tertiary/aromatic N) is 3. The molecule has 1 N–H and O–H groups in total. The summed E-state index contributed by atoms with van der Waals surface area (Å²) in [5, 5.41) is 3.25. The first-order chi connectivity index (χ1) is 15.0. The minimum Gasteiger partial charge on any atom is -0.335 e. The molecule has 5 rings (SSSR count). The Bertz CT molecular complexity index is 1210. The van der Waals surface area contributed by atoms with E-state index in [1.54, 1.807) is 24.4 Å². The molecule has 0 radical (unpaired) electrons. The molecule has 158 valence electrons. The summed E-state index contributed by atoms with van der Waals surface area (Å²) in [5.74, 6) is 0.308. The van der Waals surface area contributed by atoms with E-state index in [-0.39, 0.29) is 23.2 Å². The Balaban J connectivity index is 1.33. The average molecular weight is 439 g/mol. The van der Waals surface area contributed by atoms with Crippen LogP contribution in [-0.4, -0.2) is 33.4 Å². The van der Waals surface area contributed by atoms with Crippen molar-refractivity contribution in [3.8, 4) is 0 Å². The van der Waals surface area contributed by atoms with Gasteiger partial charge in [-0.3, -0.25) is 14.5 Å². The fourth-order valence-corrected chi connectivity index (χ4v) is 4.74. The maximum atomic E-state index is 14.1. The van der Waals surface area contributed by atoms with Crippen LogP contribution in [0.15, 0.2) is 59.5 Å². The van der Waals surface area contributed by atoms with Gasteiger partial charge in [-0.25, -0.2) is 4.39 Å². The predicted molar refractivity (Wildman–Crippen MR) is 116 cm³/mol. The topological polar surface area (TPSA) is 67.2 Å². The van der Waals surface area contributed by atoms with Gasteiger partial charge in [0.15, 0.2) is 0 Å². The van der Waals surface area contributed by atoms with Crippen LogP contribution in [0.5, 0.6) is 0 Å². The lowest BCUT2D eigenvalue weighted by Crippen LogP contribution is -2.28. The van der Waals surface area contributed by atoms with Gasteiger partial charge in [0.2, 0.25) is 0 Å². The minimum absolute atomic E-state index is 0.0328. The molecule has 2 aliphatic rings. The van der Waals surface area contributed by atoms with Crippen molar-refractivity contribution in [3.05, 3.63) is 92.9 Å². The highest BCUT2D eigenvalue weighted by Crippen LogP contribution is 2.38. The van der Waals surface area contributed by atoms with Crippen molar-refractivity contribution in [2.75, 3.05) is 18.4 Å². The second-order valence-electron chi connectivity index (χ2n) is 8.09. The van der Waals surface area contributed by atoms with Crippen molar-refractivity contribution >= 4 is 23.2 Å². The summed E-state index contributed by atoms with van der Waals surface area (Å²) >= 11 is 6.01. The lowest BCUT2D eigenvalue weighted by Gasteiger charge is -2.18. The summed E-state index contributed by atoms with van der Waals surface area (Å²) < 4.78 is 16.0. The van der Waals surface area contributed by atoms with Crippen LogP contribution in [0.1, 0.15) is 27.7 Å². The van der Waals surface area contributed by atoms with Gasteiger partial charge in [-0.2, -0.15) is 4.98 Å². The third kappa shape index (κ3) is 3.86. The average Bonchev–Trinajstić information content (AvgIpc) is 3.28. The van der Waals surface area contributed by atoms with E-state index < -0.39 is 11.5 Å². The first kappa shape index (κ1) is 19.9. The van der Waals surface area contributed by atoms with E-state index in [0.29, 0.717) is 41.7 Å². The number of fused-ring (bicyclic) bond motifs is 3. The first-order valence-corrected chi connectivity index (χ1v) is 10.5. The van der Waals surface area contributed by atoms with Gasteiger partial charge in [0.05, 0.1) is 0 Å². The summed E-state index contributed by atoms with van der Waals surface area (Å²) in [5.41, 5.74) is 0.689. The van der Waals surface area contributed by atoms with Gasteiger partial charge in [-0.05, 0) is 30.3 Å². The van der Waals surface area contributed by atoms with Gasteiger partial charge in [0, 0.05) is 60.5 Å². The molecule has 8 heteroatoms. The van der Waals surface area contributed by atoms with E-state index in [2.05, 4.69) is 15.2 Å². The van der Waals surface area contributed by atoms with E-state index in [0.717, 1.165) is 6.54 Å². The molecule has 2 atom stereocenters. The monoisotopic (exact) mass is 438 g/mol. The Hall–Kier alpha value is -3.03. The van der Waals surface area contributed by atoms with Crippen molar-refractivity contribution in [3.63, 3.8) is 0 Å². The Morgan fingerprint density at radius 2 is 1.97 bits per heavy atom. The molecule has 0 spiro atoms. The molecule has 0 unspecified atom stereocenters. The predicted octanol–water partition coefficient (Wildman–Crippen LogP) is 3.52. The normalized spacial score (nSPS) is 19.8. The number of aromatic nitrogens is 2. The third-order valence-electron chi connectivity index (χ3n) is 5.98. The molecule has 1 fully saturated rings. The van der Waals surface area contributed by atoms with Crippen molar-refractivity contribution < 1.29 is 9.18 Å². The summed E-state index contributed by atoms with van der Waals surface area (Å²) in [7, 11) is 0. The number of hydrogen-bond donors (Lipinski definition) is 1. The quantitative estimate of drug-likeness (QED) is 0.676. The number of anilines is 1. The fraction of sp³-hybridized carbons (Fsp3) is 0.261. The molecule has 0 bridgehead atoms. The smallest absolute Gasteiger partial charge is 0.285 e. The Kier molecular flexibility index (Phi) is 5.08. The van der Waals surface area contributed by atoms with Gasteiger partial charge >= 0.3 is 0 Å². The van der Waals surface area contributed by atoms with Crippen LogP contribution in [0.4, 0.5) is 10.1 Å². The van der Waals surface area contributed by atoms with E-state index >= 15 is 0 Å². The number of rotatable bonds is 4. The van der Waals surface area contributed by atoms with E-state index in [1.807, 2.05) is 22.8 Å². The van der Waals surface area contributed by atoms with E-state index in [1.165, 1.54) is 12.1 Å². The third-order valence-corrected chi connectivity index (χ3v) is 6.22. The highest BCUT2D eigenvalue weighted by molar-refractivity contribution is 6.30. The largest absolute Gasteiger partial charge is 0.335 e. The molecule has 3 aromatic rings. The van der Waals surface area contributed by atoms with Gasteiger partial charge < -0.3 is 9.88 Å². The number of para-hydroxylation sites is 1. The Morgan fingerprint density at radius 3 is 2.77 bits per heavy atom. The van der Waals surface area contributed by atoms with Crippen molar-refractivity contribution in [1.82, 2.24) is 14.5 Å². The molecule has 2 aliphatic heterocycles. The molecular weight excluding hydrogens is 419 g/mol. The van der Waals surface area contributed by atoms with Crippen molar-refractivity contribution in [2.45, 2.75) is 19.0 Å². The number of nitrogens with one attached hydrogen (secondary N) is 1. The zero-order valence-electron chi connectivity index (χ0n) is 16.6. The SMILES string of the molecule is O=C(Nc1ccccc1)c1cn2c(nc1=O)[C@H]1CN(Cc3cc(Cl)ccc3F)C[C@@H]1C2. The van der Waals surface area contributed by atoms with Crippen LogP contribution in [0.25, 0.3) is 0 Å². The molecule has 3 heterocycles. The molecule has 0 saturated carbocycles. The van der Waals surface area contributed by atoms with Crippen LogP contribution in [0, 0.1) is 11.7 Å². The zero-order valence-corrected chi connectivity index (χ0v) is 17.3. The second kappa shape index (κ2) is 7.90. The molecule has 1 saturated heterocycles. The van der Waals surface area contributed by atoms with Gasteiger partial charge in [0.25, 0.3) is 11.5 Å². The van der Waals surface area contributed by atoms with Crippen molar-refractivity contribution in [1.29, 1.82) is 0 Å². The summed E-state index contributed by atoms with van der Waals surface area (Å²) in [6.45, 7) is 2.58. The molecule has 2 aromatic carbocycles. The van der Waals surface area contributed by atoms with Crippen molar-refractivity contribution in [2.24, 2.45) is 5.92 Å². The van der Waals surface area contributed by atoms with Crippen LogP contribution < -0.4 is 10.9 Å². The molecule has 0 aliphatic carbocycles. The van der Waals surface area contributed by atoms with Crippen LogP contribution >= 0.6 is 11.6 Å². The lowest BCUT2D eigenvalue weighted by molar-refractivity contribution is 0.102. The molecular formula is C23H20ClFN4O2. The number of halogens is 2. The van der Waals surface area contributed by atoms with Crippen LogP contribution in [0.2, 0.25) is 5.02 Å². The maximum Gasteiger partial charge on any atom is 0.285 e. The van der Waals surface area contributed by atoms with Crippen LogP contribution in [0.3, 0.4) is 0 Å². The maximum absolute atomic E-state index is 14.1. The number of benzene rings is 2. The summed E-state index contributed by atoms with van der Waals surface area (Å²) in [6.07, 6.45) is 1.61. The second-order valence-corrected chi connectivity index (χ2v) is 8.52. The molecule has 6 nitrogen and oxygen atoms in total. The number of hydrogen-bond acceptors (Lipinski definition) is 4. The standard InChI is InChI=1S/C23H20ClFN4O2/c24-16-6-7-20(25)14(8-16)9-28-10-15-11-29-13-19(23(31)27-21(29)18(15)12-28)22(30)26-17-4-2-1-3-5-17/h1-8,13,15,18H,9-12H2,(H,26,30)/t15-,18+/m1/s1. The number of likely N-dealkylation sites (tertiary alicyclic amines) is 1. The fourth-order valence-electron chi connectivity index (χ4n) is 4.55. The van der Waals surface area contributed by atoms with E-state index in [9.17, 15) is 14.0 Å². The first-order valence-electron chi connectivity index (χ1n) is 10.1. The summed E-state index contributed by atoms with van der Waals surface area (Å²) in [6, 6.07) is 13.6. The molecule has 1 amide bonds. The number of carbonyl (C=O) groups excluding carboxylic acids is 1. The number of carbonyl (C=O) groups is 1. The highest BCUT2D eigenvalue weighted by atomic mass is 35.5. The van der Waals surface area contributed by atoms with Gasteiger partial charge in [-0.15, -0.1) is 0 Å². The molecule has 1 aromatic heterocycles. The lowest BCUT2D eigenvalue weighted by atomic mass is 9.99. The Labute approximate surface area is 183 Å². The van der Waals surface area contributed by atoms with E-state index in [4.69, 9.17) is 11.6 Å². The molecule has 31 heavy (non-hydrogen) atoms. The number of amides is 1. The van der Waals surface area contributed by atoms with Gasteiger partial charge in [-0.1, -0.05) is 29.8 Å². The summed E-state index contributed by atoms with van der Waals surface area (Å²) in [4.78, 5) is 31.6. The highest BCUT2D eigenvalue weighted by Gasteiger charge is 2.41. The minimum atomic E-state index is -0.528. The van der Waals surface area contributed by atoms with Crippen LogP contribution in [-0.2, 0) is 13.1 Å². The van der Waals surface area contributed by atoms with Gasteiger partial charge in [0.1, 0.15) is 17.2 Å².